The first-order valence-electron chi connectivity index (χ1n) is 8.80. The average Bonchev–Trinajstić information content (AvgIpc) is 3.10. The fraction of sp³-hybridized carbons (Fsp3) is 0.368. The number of hydrogen-bond donors (Lipinski definition) is 2. The van der Waals surface area contributed by atoms with Crippen LogP contribution in [-0.4, -0.2) is 44.2 Å². The minimum absolute atomic E-state index is 0.127. The maximum Gasteiger partial charge on any atom is 0.339 e. The van der Waals surface area contributed by atoms with Crippen LogP contribution < -0.4 is 10.2 Å². The molecular weight excluding hydrogens is 346 g/mol. The van der Waals surface area contributed by atoms with Crippen LogP contribution in [0.3, 0.4) is 0 Å². The van der Waals surface area contributed by atoms with E-state index in [1.54, 1.807) is 18.5 Å². The fourth-order valence-corrected chi connectivity index (χ4v) is 2.87. The van der Waals surface area contributed by atoms with Gasteiger partial charge < -0.3 is 19.4 Å². The Balaban J connectivity index is 2.10. The van der Waals surface area contributed by atoms with Crippen molar-refractivity contribution in [1.82, 2.24) is 19.5 Å². The number of hydrogen-bond acceptors (Lipinski definition) is 5. The molecule has 8 heteroatoms. The Morgan fingerprint density at radius 2 is 2.19 bits per heavy atom. The van der Waals surface area contributed by atoms with Gasteiger partial charge in [-0.25, -0.2) is 14.8 Å². The van der Waals surface area contributed by atoms with Gasteiger partial charge in [0.15, 0.2) is 11.1 Å². The lowest BCUT2D eigenvalue weighted by Crippen LogP contribution is -2.15. The molecule has 2 heterocycles. The molecule has 2 aromatic heterocycles. The van der Waals surface area contributed by atoms with E-state index in [-0.39, 0.29) is 11.5 Å². The van der Waals surface area contributed by atoms with Gasteiger partial charge in [0, 0.05) is 12.5 Å². The number of methoxy groups -OCH3 is 1. The largest absolute Gasteiger partial charge is 0.496 e. The number of carbonyl (C=O) groups is 1. The van der Waals surface area contributed by atoms with E-state index in [9.17, 15) is 9.90 Å². The lowest BCUT2D eigenvalue weighted by molar-refractivity contribution is 0.0693. The van der Waals surface area contributed by atoms with Crippen LogP contribution in [0.2, 0.25) is 0 Å². The zero-order chi connectivity index (χ0) is 19.6. The molecule has 1 aromatic carbocycles. The number of carboxylic acid groups (broad SMARTS) is 1. The highest BCUT2D eigenvalue weighted by Gasteiger charge is 2.14. The molecule has 0 spiro atoms. The number of nitrogens with zero attached hydrogens (tertiary/aromatic N) is 4. The molecule has 0 aliphatic carbocycles. The molecule has 0 atom stereocenters. The second-order valence-electron chi connectivity index (χ2n) is 6.49. The first kappa shape index (κ1) is 18.6. The van der Waals surface area contributed by atoms with Crippen molar-refractivity contribution in [2.45, 2.75) is 33.2 Å². The average molecular weight is 369 g/mol. The topological polar surface area (TPSA) is 105 Å². The zero-order valence-electron chi connectivity index (χ0n) is 15.9. The monoisotopic (exact) mass is 369 g/mol. The number of fused-ring (bicyclic) bond motifs is 1. The smallest absolute Gasteiger partial charge is 0.339 e. The number of imidazole rings is 1. The number of aromatic amines is 1. The van der Waals surface area contributed by atoms with Crippen LogP contribution in [0.25, 0.3) is 11.2 Å². The third kappa shape index (κ3) is 3.69. The maximum atomic E-state index is 11.5. The van der Waals surface area contributed by atoms with Gasteiger partial charge in [0.2, 0.25) is 0 Å². The quantitative estimate of drug-likeness (QED) is 0.695. The standard InChI is InChI=1S/C19H23N5O3/c1-5-20-17-15-18(23-16(22-15)11(2)3)24(10-21-17)9-12-6-7-14(27-4)13(8-12)19(25)26/h6-8,10-11H,5,9H2,1-4H3,(H,22,23)(H,25,26). The van der Waals surface area contributed by atoms with Crippen molar-refractivity contribution in [3.8, 4) is 5.75 Å². The minimum atomic E-state index is -1.03. The number of rotatable bonds is 6. The van der Waals surface area contributed by atoms with E-state index in [0.717, 1.165) is 22.6 Å². The van der Waals surface area contributed by atoms with E-state index in [4.69, 9.17) is 9.72 Å². The summed E-state index contributed by atoms with van der Waals surface area (Å²) < 4.78 is 7.01. The normalized spacial score (nSPS) is 12.1. The summed E-state index contributed by atoms with van der Waals surface area (Å²) in [7, 11) is 1.46. The van der Waals surface area contributed by atoms with E-state index in [1.165, 1.54) is 7.11 Å². The van der Waals surface area contributed by atoms with E-state index in [2.05, 4.69) is 28.8 Å². The maximum absolute atomic E-state index is 11.5. The molecule has 0 amide bonds. The highest BCUT2D eigenvalue weighted by Crippen LogP contribution is 2.21. The van der Waals surface area contributed by atoms with Crippen LogP contribution in [-0.2, 0) is 6.54 Å². The summed E-state index contributed by atoms with van der Waals surface area (Å²) in [6.45, 7) is 7.15. The lowest BCUT2D eigenvalue weighted by Gasteiger charge is -2.10. The van der Waals surface area contributed by atoms with Gasteiger partial charge in [-0.3, -0.25) is 4.99 Å². The van der Waals surface area contributed by atoms with Crippen LogP contribution >= 0.6 is 0 Å². The number of carboxylic acids is 1. The summed E-state index contributed by atoms with van der Waals surface area (Å²) >= 11 is 0. The molecule has 0 radical (unpaired) electrons. The zero-order valence-corrected chi connectivity index (χ0v) is 15.9. The molecule has 0 aliphatic heterocycles. The highest BCUT2D eigenvalue weighted by atomic mass is 16.5. The Hall–Kier alpha value is -3.16. The molecular formula is C19H23N5O3. The number of ether oxygens (including phenoxy) is 1. The van der Waals surface area contributed by atoms with Crippen molar-refractivity contribution in [2.75, 3.05) is 13.7 Å². The van der Waals surface area contributed by atoms with Crippen molar-refractivity contribution in [3.05, 3.63) is 47.0 Å². The highest BCUT2D eigenvalue weighted by molar-refractivity contribution is 5.91. The Bertz CT molecular complexity index is 1050. The SMILES string of the molecule is CCN=c1ncn(Cc2ccc(OC)c(C(=O)O)c2)c2nc(C(C)C)[nH]c12. The molecule has 0 saturated heterocycles. The van der Waals surface area contributed by atoms with E-state index in [0.29, 0.717) is 24.3 Å². The summed E-state index contributed by atoms with van der Waals surface area (Å²) in [5, 5.41) is 9.39. The second kappa shape index (κ2) is 7.61. The summed E-state index contributed by atoms with van der Waals surface area (Å²) in [6.07, 6.45) is 1.69. The second-order valence-corrected chi connectivity index (χ2v) is 6.49. The molecule has 0 unspecified atom stereocenters. The molecule has 3 aromatic rings. The van der Waals surface area contributed by atoms with Gasteiger partial charge in [-0.05, 0) is 24.6 Å². The predicted octanol–water partition coefficient (Wildman–Crippen LogP) is 2.56. The van der Waals surface area contributed by atoms with Gasteiger partial charge in [-0.2, -0.15) is 0 Å². The third-order valence-electron chi connectivity index (χ3n) is 4.22. The van der Waals surface area contributed by atoms with Gasteiger partial charge in [0.05, 0.1) is 20.0 Å². The number of aromatic carboxylic acids is 1. The molecule has 2 N–H and O–H groups in total. The Kier molecular flexibility index (Phi) is 5.25. The summed E-state index contributed by atoms with van der Waals surface area (Å²) in [6, 6.07) is 5.11. The van der Waals surface area contributed by atoms with E-state index in [1.807, 2.05) is 17.6 Å². The number of aromatic nitrogens is 4. The lowest BCUT2D eigenvalue weighted by atomic mass is 10.1. The number of nitrogens with one attached hydrogen (secondary N) is 1. The van der Waals surface area contributed by atoms with Gasteiger partial charge in [-0.15, -0.1) is 0 Å². The molecule has 0 aliphatic rings. The van der Waals surface area contributed by atoms with Crippen molar-refractivity contribution in [2.24, 2.45) is 4.99 Å². The summed E-state index contributed by atoms with van der Waals surface area (Å²) in [5.41, 5.74) is 3.10. The van der Waals surface area contributed by atoms with Gasteiger partial charge in [0.25, 0.3) is 0 Å². The van der Waals surface area contributed by atoms with Crippen LogP contribution in [0, 0.1) is 0 Å². The Labute approximate surface area is 156 Å². The summed E-state index contributed by atoms with van der Waals surface area (Å²) in [5.74, 6) is 0.402. The number of H-pyrrole nitrogens is 1. The van der Waals surface area contributed by atoms with Crippen LogP contribution in [0.5, 0.6) is 5.75 Å². The first-order chi connectivity index (χ1) is 12.9. The molecule has 142 valence electrons. The van der Waals surface area contributed by atoms with Crippen molar-refractivity contribution < 1.29 is 14.6 Å². The first-order valence-corrected chi connectivity index (χ1v) is 8.80. The third-order valence-corrected chi connectivity index (χ3v) is 4.22. The molecule has 0 bridgehead atoms. The Morgan fingerprint density at radius 1 is 1.41 bits per heavy atom. The summed E-state index contributed by atoms with van der Waals surface area (Å²) in [4.78, 5) is 28.4. The molecule has 0 saturated carbocycles. The van der Waals surface area contributed by atoms with Gasteiger partial charge in [0.1, 0.15) is 22.7 Å². The predicted molar refractivity (Wildman–Crippen MR) is 101 cm³/mol. The van der Waals surface area contributed by atoms with Crippen molar-refractivity contribution in [3.63, 3.8) is 0 Å². The molecule has 0 fully saturated rings. The van der Waals surface area contributed by atoms with Crippen molar-refractivity contribution in [1.29, 1.82) is 0 Å². The van der Waals surface area contributed by atoms with E-state index >= 15 is 0 Å². The van der Waals surface area contributed by atoms with Crippen molar-refractivity contribution >= 4 is 17.1 Å². The molecule has 3 rings (SSSR count). The number of benzene rings is 1. The molecule has 27 heavy (non-hydrogen) atoms. The Morgan fingerprint density at radius 3 is 2.81 bits per heavy atom. The fourth-order valence-electron chi connectivity index (χ4n) is 2.87. The van der Waals surface area contributed by atoms with Crippen LogP contribution in [0.1, 0.15) is 48.4 Å². The van der Waals surface area contributed by atoms with Gasteiger partial charge in [-0.1, -0.05) is 19.9 Å². The minimum Gasteiger partial charge on any atom is -0.496 e. The van der Waals surface area contributed by atoms with Crippen LogP contribution in [0.15, 0.2) is 29.5 Å². The van der Waals surface area contributed by atoms with E-state index < -0.39 is 5.97 Å². The molecule has 8 nitrogen and oxygen atoms in total. The van der Waals surface area contributed by atoms with Crippen LogP contribution in [0.4, 0.5) is 0 Å². The van der Waals surface area contributed by atoms with Gasteiger partial charge >= 0.3 is 5.97 Å².